The maximum absolute atomic E-state index is 12.1. The third-order valence-corrected chi connectivity index (χ3v) is 3.21. The Hall–Kier alpha value is -3.22. The van der Waals surface area contributed by atoms with Gasteiger partial charge in [-0.3, -0.25) is 28.8 Å². The number of amides is 4. The van der Waals surface area contributed by atoms with Gasteiger partial charge in [-0.15, -0.1) is 0 Å². The molecular weight excluding hydrogens is 366 g/mol. The molecule has 13 nitrogen and oxygen atoms in total. The predicted octanol–water partition coefficient (Wildman–Crippen LogP) is -3.76. The highest BCUT2D eigenvalue weighted by molar-refractivity contribution is 5.94. The first-order chi connectivity index (χ1) is 12.4. The molecule has 9 N–H and O–H groups in total. The third-order valence-electron chi connectivity index (χ3n) is 3.21. The van der Waals surface area contributed by atoms with Crippen LogP contribution in [0.5, 0.6) is 0 Å². The Labute approximate surface area is 153 Å². The largest absolute Gasteiger partial charge is 0.481 e. The number of nitrogens with one attached hydrogen (secondary N) is 3. The molecule has 0 rings (SSSR count). The summed E-state index contributed by atoms with van der Waals surface area (Å²) in [5.74, 6) is -5.91. The van der Waals surface area contributed by atoms with E-state index in [0.29, 0.717) is 0 Å². The fourth-order valence-corrected chi connectivity index (χ4v) is 1.80. The van der Waals surface area contributed by atoms with E-state index in [4.69, 9.17) is 21.7 Å². The topological polar surface area (TPSA) is 231 Å². The average Bonchev–Trinajstić information content (AvgIpc) is 2.54. The Kier molecular flexibility index (Phi) is 10.0. The Balaban J connectivity index is 4.86. The maximum Gasteiger partial charge on any atom is 0.322 e. The van der Waals surface area contributed by atoms with Crippen LogP contribution < -0.4 is 27.4 Å². The van der Waals surface area contributed by atoms with E-state index >= 15 is 0 Å². The lowest BCUT2D eigenvalue weighted by atomic mass is 10.1. The van der Waals surface area contributed by atoms with Crippen LogP contribution in [0.15, 0.2) is 0 Å². The number of carbonyl (C=O) groups excluding carboxylic acids is 4. The minimum absolute atomic E-state index is 0.189. The highest BCUT2D eigenvalue weighted by Gasteiger charge is 2.26. The number of primary amides is 1. The minimum atomic E-state index is -1.37. The highest BCUT2D eigenvalue weighted by Crippen LogP contribution is 1.99. The molecule has 0 heterocycles. The molecule has 0 saturated carbocycles. The quantitative estimate of drug-likeness (QED) is 0.173. The van der Waals surface area contributed by atoms with E-state index in [1.165, 1.54) is 6.92 Å². The van der Waals surface area contributed by atoms with Crippen LogP contribution in [0, 0.1) is 0 Å². The van der Waals surface area contributed by atoms with Crippen molar-refractivity contribution < 1.29 is 39.0 Å². The molecule has 0 aromatic heterocycles. The Bertz CT molecular complexity index is 608. The van der Waals surface area contributed by atoms with Gasteiger partial charge in [-0.05, 0) is 13.3 Å². The van der Waals surface area contributed by atoms with Crippen molar-refractivity contribution in [3.8, 4) is 0 Å². The molecule has 3 atom stereocenters. The van der Waals surface area contributed by atoms with Crippen LogP contribution in [0.3, 0.4) is 0 Å². The average molecular weight is 389 g/mol. The van der Waals surface area contributed by atoms with Gasteiger partial charge in [0.15, 0.2) is 0 Å². The van der Waals surface area contributed by atoms with Gasteiger partial charge in [0.1, 0.15) is 18.6 Å². The second-order valence-corrected chi connectivity index (χ2v) is 5.61. The second-order valence-electron chi connectivity index (χ2n) is 5.61. The first kappa shape index (κ1) is 23.8. The zero-order chi connectivity index (χ0) is 21.1. The molecule has 0 fully saturated rings. The number of carboxylic acids is 2. The minimum Gasteiger partial charge on any atom is -0.481 e. The molecule has 27 heavy (non-hydrogen) atoms. The summed E-state index contributed by atoms with van der Waals surface area (Å²) in [7, 11) is 0. The summed E-state index contributed by atoms with van der Waals surface area (Å²) in [6.45, 7) is 0.569. The summed E-state index contributed by atoms with van der Waals surface area (Å²) >= 11 is 0. The van der Waals surface area contributed by atoms with Crippen molar-refractivity contribution in [2.24, 2.45) is 11.5 Å². The van der Waals surface area contributed by atoms with Crippen molar-refractivity contribution in [1.82, 2.24) is 16.0 Å². The molecule has 0 aliphatic carbocycles. The predicted molar refractivity (Wildman–Crippen MR) is 88.8 cm³/mol. The van der Waals surface area contributed by atoms with E-state index in [2.05, 4.69) is 16.0 Å². The normalized spacial score (nSPS) is 13.6. The van der Waals surface area contributed by atoms with E-state index < -0.39 is 66.7 Å². The van der Waals surface area contributed by atoms with Gasteiger partial charge < -0.3 is 37.6 Å². The van der Waals surface area contributed by atoms with Crippen molar-refractivity contribution in [2.75, 3.05) is 6.54 Å². The van der Waals surface area contributed by atoms with Crippen molar-refractivity contribution >= 4 is 35.6 Å². The number of carbonyl (C=O) groups is 6. The zero-order valence-electron chi connectivity index (χ0n) is 14.6. The molecular formula is C14H23N5O8. The number of hydrogen-bond donors (Lipinski definition) is 7. The number of carboxylic acid groups (broad SMARTS) is 2. The molecule has 0 aromatic carbocycles. The molecule has 0 aromatic rings. The van der Waals surface area contributed by atoms with Crippen molar-refractivity contribution in [3.05, 3.63) is 0 Å². The van der Waals surface area contributed by atoms with Crippen LogP contribution in [0.25, 0.3) is 0 Å². The zero-order valence-corrected chi connectivity index (χ0v) is 14.6. The Morgan fingerprint density at radius 2 is 1.52 bits per heavy atom. The van der Waals surface area contributed by atoms with E-state index in [9.17, 15) is 28.8 Å². The van der Waals surface area contributed by atoms with E-state index in [1.54, 1.807) is 0 Å². The highest BCUT2D eigenvalue weighted by atomic mass is 16.4. The molecule has 0 radical (unpaired) electrons. The fourth-order valence-electron chi connectivity index (χ4n) is 1.80. The summed E-state index contributed by atoms with van der Waals surface area (Å²) in [6.07, 6.45) is -1.08. The van der Waals surface area contributed by atoms with E-state index in [-0.39, 0.29) is 12.8 Å². The summed E-state index contributed by atoms with van der Waals surface area (Å²) in [6, 6.07) is -3.82. The number of aliphatic carboxylic acids is 2. The van der Waals surface area contributed by atoms with Crippen LogP contribution in [-0.2, 0) is 28.8 Å². The number of hydrogen-bond acceptors (Lipinski definition) is 7. The lowest BCUT2D eigenvalue weighted by Gasteiger charge is -2.21. The molecule has 0 bridgehead atoms. The van der Waals surface area contributed by atoms with Crippen LogP contribution in [0.4, 0.5) is 0 Å². The van der Waals surface area contributed by atoms with Crippen molar-refractivity contribution in [1.29, 1.82) is 0 Å². The van der Waals surface area contributed by atoms with Crippen LogP contribution >= 0.6 is 0 Å². The van der Waals surface area contributed by atoms with E-state index in [0.717, 1.165) is 0 Å². The van der Waals surface area contributed by atoms with Gasteiger partial charge >= 0.3 is 11.9 Å². The van der Waals surface area contributed by atoms with Gasteiger partial charge in [-0.25, -0.2) is 0 Å². The summed E-state index contributed by atoms with van der Waals surface area (Å²) in [4.78, 5) is 67.7. The molecule has 0 aliphatic heterocycles. The molecule has 0 spiro atoms. The first-order valence-corrected chi connectivity index (χ1v) is 7.80. The molecule has 0 saturated heterocycles. The maximum atomic E-state index is 12.1. The Morgan fingerprint density at radius 3 is 2.00 bits per heavy atom. The standard InChI is InChI=1S/C14H23N5O8/c1-6(18-13(26)7(15)4-10(21)22)12(25)19-8(2-3-9(16)20)14(27)17-5-11(23)24/h6-8H,2-5,15H2,1H3,(H2,16,20)(H,17,27)(H,18,26)(H,19,25)(H,21,22)(H,23,24). The fraction of sp³-hybridized carbons (Fsp3) is 0.571. The van der Waals surface area contributed by atoms with Gasteiger partial charge in [-0.1, -0.05) is 0 Å². The summed E-state index contributed by atoms with van der Waals surface area (Å²) in [5.41, 5.74) is 10.4. The molecule has 13 heteroatoms. The molecule has 4 amide bonds. The number of rotatable bonds is 12. The van der Waals surface area contributed by atoms with Crippen LogP contribution in [0.1, 0.15) is 26.2 Å². The van der Waals surface area contributed by atoms with E-state index in [1.807, 2.05) is 0 Å². The first-order valence-electron chi connectivity index (χ1n) is 7.80. The Morgan fingerprint density at radius 1 is 0.926 bits per heavy atom. The summed E-state index contributed by atoms with van der Waals surface area (Å²) < 4.78 is 0. The third kappa shape index (κ3) is 10.4. The van der Waals surface area contributed by atoms with Gasteiger partial charge in [0, 0.05) is 6.42 Å². The van der Waals surface area contributed by atoms with Crippen molar-refractivity contribution in [2.45, 2.75) is 44.3 Å². The lowest BCUT2D eigenvalue weighted by Crippen LogP contribution is -2.55. The second kappa shape index (κ2) is 11.4. The van der Waals surface area contributed by atoms with Crippen LogP contribution in [-0.4, -0.2) is 70.5 Å². The molecule has 3 unspecified atom stereocenters. The van der Waals surface area contributed by atoms with Crippen molar-refractivity contribution in [3.63, 3.8) is 0 Å². The van der Waals surface area contributed by atoms with Gasteiger partial charge in [-0.2, -0.15) is 0 Å². The number of nitrogens with two attached hydrogens (primary N) is 2. The summed E-state index contributed by atoms with van der Waals surface area (Å²) in [5, 5.41) is 23.7. The monoisotopic (exact) mass is 389 g/mol. The SMILES string of the molecule is CC(NC(=O)C(N)CC(=O)O)C(=O)NC(CCC(N)=O)C(=O)NCC(=O)O. The van der Waals surface area contributed by atoms with Gasteiger partial charge in [0.05, 0.1) is 12.5 Å². The smallest absolute Gasteiger partial charge is 0.322 e. The van der Waals surface area contributed by atoms with Gasteiger partial charge in [0.2, 0.25) is 23.6 Å². The molecule has 152 valence electrons. The van der Waals surface area contributed by atoms with Gasteiger partial charge in [0.25, 0.3) is 0 Å². The molecule has 0 aliphatic rings. The lowest BCUT2D eigenvalue weighted by molar-refractivity contribution is -0.139. The van der Waals surface area contributed by atoms with Crippen LogP contribution in [0.2, 0.25) is 0 Å².